The van der Waals surface area contributed by atoms with Gasteiger partial charge in [0.15, 0.2) is 5.13 Å². The van der Waals surface area contributed by atoms with E-state index >= 15 is 0 Å². The molecule has 0 aliphatic carbocycles. The van der Waals surface area contributed by atoms with Crippen LogP contribution in [0, 0.1) is 0 Å². The number of carbonyl (C=O) groups is 1. The molecule has 0 radical (unpaired) electrons. The highest BCUT2D eigenvalue weighted by Gasteiger charge is 2.34. The minimum absolute atomic E-state index is 0.0179. The molecule has 0 aliphatic heterocycles. The largest absolute Gasteiger partial charge is 0.493 e. The number of aromatic carboxylic acids is 1. The molecule has 2 heterocycles. The van der Waals surface area contributed by atoms with Crippen molar-refractivity contribution in [3.8, 4) is 17.0 Å². The molecule has 3 rings (SSSR count). The predicted molar refractivity (Wildman–Crippen MR) is 112 cm³/mol. The quantitative estimate of drug-likeness (QED) is 0.375. The van der Waals surface area contributed by atoms with E-state index in [-0.39, 0.29) is 23.6 Å². The number of nitrogens with zero attached hydrogens (tertiary/aromatic N) is 2. The number of pyridine rings is 1. The fraction of sp³-hybridized carbons (Fsp3) is 0.286. The van der Waals surface area contributed by atoms with Gasteiger partial charge in [0.1, 0.15) is 5.75 Å². The van der Waals surface area contributed by atoms with Gasteiger partial charge < -0.3 is 15.2 Å². The van der Waals surface area contributed by atoms with Crippen molar-refractivity contribution < 1.29 is 27.8 Å². The Morgan fingerprint density at radius 2 is 2.03 bits per heavy atom. The summed E-state index contributed by atoms with van der Waals surface area (Å²) in [6, 6.07) is 5.22. The molecule has 31 heavy (non-hydrogen) atoms. The van der Waals surface area contributed by atoms with Crippen LogP contribution in [0.15, 0.2) is 42.0 Å². The number of halogens is 3. The SMILES string of the molecule is CCCCCOc1ccc(Nc2nc(-c3cncc(C(=O)O)c3)cs2)cc1C(F)(F)F. The fourth-order valence-corrected chi connectivity index (χ4v) is 3.51. The molecule has 0 unspecified atom stereocenters. The number of benzene rings is 1. The zero-order chi connectivity index (χ0) is 22.4. The minimum Gasteiger partial charge on any atom is -0.493 e. The van der Waals surface area contributed by atoms with E-state index < -0.39 is 17.7 Å². The lowest BCUT2D eigenvalue weighted by molar-refractivity contribution is -0.138. The summed E-state index contributed by atoms with van der Waals surface area (Å²) in [5, 5.41) is 14.0. The van der Waals surface area contributed by atoms with Crippen LogP contribution in [0.1, 0.15) is 42.1 Å². The van der Waals surface area contributed by atoms with Crippen LogP contribution >= 0.6 is 11.3 Å². The summed E-state index contributed by atoms with van der Waals surface area (Å²) in [6.07, 6.45) is 0.658. The van der Waals surface area contributed by atoms with Gasteiger partial charge in [0, 0.05) is 29.0 Å². The molecule has 6 nitrogen and oxygen atoms in total. The summed E-state index contributed by atoms with van der Waals surface area (Å²) >= 11 is 1.18. The van der Waals surface area contributed by atoms with Crippen molar-refractivity contribution in [2.45, 2.75) is 32.4 Å². The summed E-state index contributed by atoms with van der Waals surface area (Å²) in [4.78, 5) is 19.3. The number of carboxylic acids is 1. The molecule has 0 amide bonds. The van der Waals surface area contributed by atoms with Crippen molar-refractivity contribution in [2.24, 2.45) is 0 Å². The van der Waals surface area contributed by atoms with Gasteiger partial charge in [0.25, 0.3) is 0 Å². The summed E-state index contributed by atoms with van der Waals surface area (Å²) in [5.41, 5.74) is 0.339. The molecule has 3 aromatic rings. The number of hydrogen-bond donors (Lipinski definition) is 2. The smallest absolute Gasteiger partial charge is 0.420 e. The van der Waals surface area contributed by atoms with Crippen LogP contribution in [0.25, 0.3) is 11.3 Å². The van der Waals surface area contributed by atoms with Crippen LogP contribution in [0.4, 0.5) is 24.0 Å². The van der Waals surface area contributed by atoms with Crippen molar-refractivity contribution in [1.82, 2.24) is 9.97 Å². The van der Waals surface area contributed by atoms with Gasteiger partial charge in [-0.15, -0.1) is 11.3 Å². The van der Waals surface area contributed by atoms with E-state index in [0.717, 1.165) is 18.9 Å². The van der Waals surface area contributed by atoms with Crippen LogP contribution in [0.5, 0.6) is 5.75 Å². The Morgan fingerprint density at radius 3 is 2.74 bits per heavy atom. The highest BCUT2D eigenvalue weighted by molar-refractivity contribution is 7.14. The van der Waals surface area contributed by atoms with Crippen LogP contribution in [0.3, 0.4) is 0 Å². The van der Waals surface area contributed by atoms with Gasteiger partial charge >= 0.3 is 12.1 Å². The number of hydrogen-bond acceptors (Lipinski definition) is 6. The number of aromatic nitrogens is 2. The molecule has 164 valence electrons. The second kappa shape index (κ2) is 9.78. The Balaban J connectivity index is 1.78. The molecule has 0 bridgehead atoms. The summed E-state index contributed by atoms with van der Waals surface area (Å²) < 4.78 is 45.8. The van der Waals surface area contributed by atoms with Gasteiger partial charge in [-0.25, -0.2) is 9.78 Å². The van der Waals surface area contributed by atoms with Crippen LogP contribution < -0.4 is 10.1 Å². The second-order valence-corrected chi connectivity index (χ2v) is 7.55. The number of ether oxygens (including phenoxy) is 1. The first-order valence-corrected chi connectivity index (χ1v) is 10.4. The molecule has 0 spiro atoms. The maximum atomic E-state index is 13.5. The monoisotopic (exact) mass is 451 g/mol. The standard InChI is InChI=1S/C21H20F3N3O3S/c1-2-3-4-7-30-18-6-5-15(9-16(18)21(22,23)24)26-20-27-17(12-31-20)13-8-14(19(28)29)11-25-10-13/h5-6,8-12H,2-4,7H2,1H3,(H,26,27)(H,28,29). The van der Waals surface area contributed by atoms with Gasteiger partial charge in [0.05, 0.1) is 23.4 Å². The Hall–Kier alpha value is -3.14. The Labute approximate surface area is 180 Å². The number of carboxylic acid groups (broad SMARTS) is 1. The molecular weight excluding hydrogens is 431 g/mol. The molecule has 0 fully saturated rings. The van der Waals surface area contributed by atoms with E-state index in [0.29, 0.717) is 22.8 Å². The number of unbranched alkanes of at least 4 members (excludes halogenated alkanes) is 2. The molecule has 1 aromatic carbocycles. The highest BCUT2D eigenvalue weighted by Crippen LogP contribution is 2.39. The van der Waals surface area contributed by atoms with Gasteiger partial charge in [-0.1, -0.05) is 19.8 Å². The third-order valence-corrected chi connectivity index (χ3v) is 5.08. The molecule has 0 saturated carbocycles. The fourth-order valence-electron chi connectivity index (χ4n) is 2.77. The van der Waals surface area contributed by atoms with E-state index in [9.17, 15) is 18.0 Å². The molecule has 0 aliphatic rings. The second-order valence-electron chi connectivity index (χ2n) is 6.69. The zero-order valence-corrected chi connectivity index (χ0v) is 17.4. The van der Waals surface area contributed by atoms with Crippen molar-refractivity contribution in [1.29, 1.82) is 0 Å². The van der Waals surface area contributed by atoms with E-state index in [1.165, 1.54) is 41.9 Å². The van der Waals surface area contributed by atoms with Crippen molar-refractivity contribution in [3.05, 3.63) is 53.2 Å². The summed E-state index contributed by atoms with van der Waals surface area (Å²) in [5.74, 6) is -1.31. The lowest BCUT2D eigenvalue weighted by atomic mass is 10.1. The summed E-state index contributed by atoms with van der Waals surface area (Å²) in [6.45, 7) is 2.23. The Bertz CT molecular complexity index is 1050. The van der Waals surface area contributed by atoms with Crippen molar-refractivity contribution in [3.63, 3.8) is 0 Å². The Morgan fingerprint density at radius 1 is 1.23 bits per heavy atom. The van der Waals surface area contributed by atoms with Gasteiger partial charge in [-0.2, -0.15) is 13.2 Å². The maximum absolute atomic E-state index is 13.5. The van der Waals surface area contributed by atoms with Crippen molar-refractivity contribution >= 4 is 28.1 Å². The predicted octanol–water partition coefficient (Wildman–Crippen LogP) is 6.23. The average molecular weight is 451 g/mol. The first-order chi connectivity index (χ1) is 14.8. The number of alkyl halides is 3. The Kier molecular flexibility index (Phi) is 7.11. The third-order valence-electron chi connectivity index (χ3n) is 4.33. The molecule has 0 saturated heterocycles. The third kappa shape index (κ3) is 5.94. The lowest BCUT2D eigenvalue weighted by Crippen LogP contribution is -2.10. The average Bonchev–Trinajstić information content (AvgIpc) is 3.20. The number of rotatable bonds is 9. The number of anilines is 2. The van der Waals surface area contributed by atoms with Crippen LogP contribution in [0.2, 0.25) is 0 Å². The van der Waals surface area contributed by atoms with Crippen LogP contribution in [-0.2, 0) is 6.18 Å². The normalized spacial score (nSPS) is 11.4. The van der Waals surface area contributed by atoms with Gasteiger partial charge in [-0.05, 0) is 30.7 Å². The molecule has 10 heteroatoms. The van der Waals surface area contributed by atoms with E-state index in [4.69, 9.17) is 9.84 Å². The lowest BCUT2D eigenvalue weighted by Gasteiger charge is -2.15. The molecule has 2 N–H and O–H groups in total. The molecule has 2 aromatic heterocycles. The number of nitrogens with one attached hydrogen (secondary N) is 1. The number of thiazole rings is 1. The maximum Gasteiger partial charge on any atom is 0.420 e. The van der Waals surface area contributed by atoms with Crippen molar-refractivity contribution in [2.75, 3.05) is 11.9 Å². The van der Waals surface area contributed by atoms with E-state index in [1.807, 2.05) is 6.92 Å². The van der Waals surface area contributed by atoms with Gasteiger partial charge in [-0.3, -0.25) is 4.98 Å². The first-order valence-electron chi connectivity index (χ1n) is 9.53. The zero-order valence-electron chi connectivity index (χ0n) is 16.6. The van der Waals surface area contributed by atoms with E-state index in [1.54, 1.807) is 5.38 Å². The van der Waals surface area contributed by atoms with E-state index in [2.05, 4.69) is 15.3 Å². The highest BCUT2D eigenvalue weighted by atomic mass is 32.1. The van der Waals surface area contributed by atoms with Crippen LogP contribution in [-0.4, -0.2) is 27.7 Å². The minimum atomic E-state index is -4.56. The first kappa shape index (κ1) is 22.5. The topological polar surface area (TPSA) is 84.3 Å². The molecule has 0 atom stereocenters. The van der Waals surface area contributed by atoms with Gasteiger partial charge in [0.2, 0.25) is 0 Å². The molecular formula is C21H20F3N3O3S. The summed E-state index contributed by atoms with van der Waals surface area (Å²) in [7, 11) is 0.